The van der Waals surface area contributed by atoms with E-state index in [0.717, 1.165) is 10.0 Å². The number of hydrogen-bond acceptors (Lipinski definition) is 6. The third-order valence-corrected chi connectivity index (χ3v) is 3.07. The van der Waals surface area contributed by atoms with Gasteiger partial charge in [-0.3, -0.25) is 0 Å². The van der Waals surface area contributed by atoms with E-state index in [2.05, 4.69) is 42.7 Å². The van der Waals surface area contributed by atoms with Crippen LogP contribution in [0.4, 0.5) is 17.3 Å². The molecule has 0 aliphatic carbocycles. The molecule has 2 rings (SSSR count). The van der Waals surface area contributed by atoms with Gasteiger partial charge in [-0.05, 0) is 25.1 Å². The van der Waals surface area contributed by atoms with E-state index in [0.29, 0.717) is 22.9 Å². The molecule has 0 saturated carbocycles. The van der Waals surface area contributed by atoms with Crippen LogP contribution < -0.4 is 16.6 Å². The Morgan fingerprint density at radius 2 is 2.05 bits per heavy atom. The lowest BCUT2D eigenvalue weighted by Gasteiger charge is -2.12. The Morgan fingerprint density at radius 3 is 2.74 bits per heavy atom. The highest BCUT2D eigenvalue weighted by atomic mass is 79.9. The number of nitriles is 1. The van der Waals surface area contributed by atoms with Crippen molar-refractivity contribution in [3.05, 3.63) is 40.1 Å². The molecule has 0 fully saturated rings. The lowest BCUT2D eigenvalue weighted by molar-refractivity contribution is 1.10. The molecule has 4 N–H and O–H groups in total. The number of hydrogen-bond donors (Lipinski definition) is 3. The van der Waals surface area contributed by atoms with Gasteiger partial charge in [0.25, 0.3) is 0 Å². The molecule has 0 aliphatic rings. The summed E-state index contributed by atoms with van der Waals surface area (Å²) in [6.45, 7) is 1.84. The van der Waals surface area contributed by atoms with Gasteiger partial charge >= 0.3 is 0 Å². The molecule has 0 amide bonds. The van der Waals surface area contributed by atoms with Crippen molar-refractivity contribution in [3.63, 3.8) is 0 Å². The third-order valence-electron chi connectivity index (χ3n) is 2.58. The Balaban J connectivity index is 2.40. The highest BCUT2D eigenvalue weighted by Crippen LogP contribution is 2.26. The zero-order valence-electron chi connectivity index (χ0n) is 10.1. The van der Waals surface area contributed by atoms with Crippen molar-refractivity contribution in [2.45, 2.75) is 6.92 Å². The maximum absolute atomic E-state index is 9.12. The Bertz CT molecular complexity index is 649. The van der Waals surface area contributed by atoms with Crippen molar-refractivity contribution in [2.24, 2.45) is 5.84 Å². The van der Waals surface area contributed by atoms with Gasteiger partial charge in [-0.25, -0.2) is 15.8 Å². The molecule has 0 saturated heterocycles. The summed E-state index contributed by atoms with van der Waals surface area (Å²) in [7, 11) is 0. The second-order valence-electron chi connectivity index (χ2n) is 3.77. The molecule has 96 valence electrons. The van der Waals surface area contributed by atoms with Gasteiger partial charge in [0.15, 0.2) is 0 Å². The number of benzene rings is 1. The number of nitrogen functional groups attached to an aromatic ring is 1. The molecular formula is C12H11BrN6. The number of anilines is 3. The van der Waals surface area contributed by atoms with E-state index >= 15 is 0 Å². The van der Waals surface area contributed by atoms with E-state index in [1.54, 1.807) is 12.1 Å². The average Bonchev–Trinajstić information content (AvgIpc) is 2.42. The molecule has 1 aromatic heterocycles. The normalized spacial score (nSPS) is 9.79. The first-order chi connectivity index (χ1) is 9.15. The van der Waals surface area contributed by atoms with Crippen molar-refractivity contribution in [1.82, 2.24) is 9.97 Å². The van der Waals surface area contributed by atoms with Crippen LogP contribution in [0.3, 0.4) is 0 Å². The largest absolute Gasteiger partial charge is 0.339 e. The second-order valence-corrected chi connectivity index (χ2v) is 4.68. The van der Waals surface area contributed by atoms with Crippen LogP contribution in [-0.4, -0.2) is 9.97 Å². The SMILES string of the molecule is Cc1c(NN)ncnc1Nc1ccc(Br)cc1C#N. The number of nitrogens with two attached hydrogens (primary N) is 1. The van der Waals surface area contributed by atoms with E-state index in [1.807, 2.05) is 13.0 Å². The summed E-state index contributed by atoms with van der Waals surface area (Å²) in [6.07, 6.45) is 1.40. The van der Waals surface area contributed by atoms with E-state index in [4.69, 9.17) is 11.1 Å². The fraction of sp³-hybridized carbons (Fsp3) is 0.0833. The molecular weight excluding hydrogens is 308 g/mol. The molecule has 2 aromatic rings. The smallest absolute Gasteiger partial charge is 0.148 e. The molecule has 1 aromatic carbocycles. The molecule has 0 unspecified atom stereocenters. The Kier molecular flexibility index (Phi) is 3.94. The van der Waals surface area contributed by atoms with Crippen LogP contribution in [0.2, 0.25) is 0 Å². The standard InChI is InChI=1S/C12H11BrN6/c1-7-11(16-6-17-12(7)19-15)18-10-3-2-9(13)4-8(10)5-14/h2-4,6H,15H2,1H3,(H2,16,17,18,19). The van der Waals surface area contributed by atoms with Crippen LogP contribution >= 0.6 is 15.9 Å². The quantitative estimate of drug-likeness (QED) is 0.593. The molecule has 7 heteroatoms. The van der Waals surface area contributed by atoms with Gasteiger partial charge in [0.1, 0.15) is 24.0 Å². The van der Waals surface area contributed by atoms with Crippen LogP contribution in [0, 0.1) is 18.3 Å². The zero-order chi connectivity index (χ0) is 13.8. The predicted octanol–water partition coefficient (Wildman–Crippen LogP) is 2.45. The fourth-order valence-corrected chi connectivity index (χ4v) is 1.93. The highest BCUT2D eigenvalue weighted by molar-refractivity contribution is 9.10. The molecule has 0 spiro atoms. The summed E-state index contributed by atoms with van der Waals surface area (Å²) in [5.41, 5.74) is 4.47. The predicted molar refractivity (Wildman–Crippen MR) is 76.7 cm³/mol. The summed E-state index contributed by atoms with van der Waals surface area (Å²) >= 11 is 3.33. The molecule has 0 aliphatic heterocycles. The Labute approximate surface area is 118 Å². The Hall–Kier alpha value is -2.17. The molecule has 6 nitrogen and oxygen atoms in total. The zero-order valence-corrected chi connectivity index (χ0v) is 11.7. The van der Waals surface area contributed by atoms with Crippen molar-refractivity contribution in [1.29, 1.82) is 5.26 Å². The number of halogens is 1. The molecule has 0 radical (unpaired) electrons. The first-order valence-corrected chi connectivity index (χ1v) is 6.20. The van der Waals surface area contributed by atoms with E-state index < -0.39 is 0 Å². The van der Waals surface area contributed by atoms with Gasteiger partial charge < -0.3 is 10.7 Å². The van der Waals surface area contributed by atoms with Gasteiger partial charge in [-0.15, -0.1) is 0 Å². The van der Waals surface area contributed by atoms with Gasteiger partial charge in [0.2, 0.25) is 0 Å². The highest BCUT2D eigenvalue weighted by Gasteiger charge is 2.09. The summed E-state index contributed by atoms with van der Waals surface area (Å²) in [5, 5.41) is 12.2. The first kappa shape index (κ1) is 13.3. The second kappa shape index (κ2) is 5.65. The van der Waals surface area contributed by atoms with E-state index in [-0.39, 0.29) is 0 Å². The summed E-state index contributed by atoms with van der Waals surface area (Å²) < 4.78 is 0.846. The molecule has 0 atom stereocenters. The van der Waals surface area contributed by atoms with Crippen LogP contribution in [0.1, 0.15) is 11.1 Å². The van der Waals surface area contributed by atoms with Gasteiger partial charge in [-0.2, -0.15) is 5.26 Å². The average molecular weight is 319 g/mol. The Morgan fingerprint density at radius 1 is 1.32 bits per heavy atom. The van der Waals surface area contributed by atoms with Crippen molar-refractivity contribution >= 4 is 33.3 Å². The van der Waals surface area contributed by atoms with Crippen molar-refractivity contribution in [3.8, 4) is 6.07 Å². The molecule has 19 heavy (non-hydrogen) atoms. The summed E-state index contributed by atoms with van der Waals surface area (Å²) in [4.78, 5) is 8.14. The van der Waals surface area contributed by atoms with Crippen LogP contribution in [0.5, 0.6) is 0 Å². The van der Waals surface area contributed by atoms with Crippen molar-refractivity contribution < 1.29 is 0 Å². The maximum atomic E-state index is 9.12. The third kappa shape index (κ3) is 2.81. The van der Waals surface area contributed by atoms with Crippen molar-refractivity contribution in [2.75, 3.05) is 10.7 Å². The molecule has 1 heterocycles. The van der Waals surface area contributed by atoms with Gasteiger partial charge in [0, 0.05) is 10.0 Å². The lowest BCUT2D eigenvalue weighted by atomic mass is 10.2. The topological polar surface area (TPSA) is 99.7 Å². The van der Waals surface area contributed by atoms with Crippen LogP contribution in [-0.2, 0) is 0 Å². The monoisotopic (exact) mass is 318 g/mol. The maximum Gasteiger partial charge on any atom is 0.148 e. The minimum Gasteiger partial charge on any atom is -0.339 e. The summed E-state index contributed by atoms with van der Waals surface area (Å²) in [5.74, 6) is 6.50. The van der Waals surface area contributed by atoms with Gasteiger partial charge in [0.05, 0.1) is 11.3 Å². The number of rotatable bonds is 3. The number of nitrogens with zero attached hydrogens (tertiary/aromatic N) is 3. The fourth-order valence-electron chi connectivity index (χ4n) is 1.57. The number of nitrogens with one attached hydrogen (secondary N) is 2. The van der Waals surface area contributed by atoms with E-state index in [9.17, 15) is 0 Å². The van der Waals surface area contributed by atoms with Crippen LogP contribution in [0.25, 0.3) is 0 Å². The number of hydrazine groups is 1. The van der Waals surface area contributed by atoms with E-state index in [1.165, 1.54) is 6.33 Å². The summed E-state index contributed by atoms with van der Waals surface area (Å²) in [6, 6.07) is 7.52. The lowest BCUT2D eigenvalue weighted by Crippen LogP contribution is -2.11. The van der Waals surface area contributed by atoms with Crippen LogP contribution in [0.15, 0.2) is 29.0 Å². The molecule has 0 bridgehead atoms. The minimum absolute atomic E-state index is 0.523. The first-order valence-electron chi connectivity index (χ1n) is 5.40. The number of aromatic nitrogens is 2. The minimum atomic E-state index is 0.523. The van der Waals surface area contributed by atoms with Gasteiger partial charge in [-0.1, -0.05) is 15.9 Å².